The van der Waals surface area contributed by atoms with Gasteiger partial charge in [0.2, 0.25) is 5.52 Å². The number of para-hydroxylation sites is 1. The van der Waals surface area contributed by atoms with Gasteiger partial charge in [-0.3, -0.25) is 5.01 Å². The molecule has 4 nitrogen and oxygen atoms in total. The molecule has 148 valence electrons. The Hall–Kier alpha value is -2.88. The first-order chi connectivity index (χ1) is 14.1. The highest BCUT2D eigenvalue weighted by atomic mass is 15.4. The molecule has 0 atom stereocenters. The van der Waals surface area contributed by atoms with Crippen molar-refractivity contribution in [2.45, 2.75) is 32.6 Å². The van der Waals surface area contributed by atoms with Crippen molar-refractivity contribution in [2.24, 2.45) is 12.1 Å². The van der Waals surface area contributed by atoms with Gasteiger partial charge in [0.15, 0.2) is 6.20 Å². The maximum absolute atomic E-state index is 4.99. The molecule has 3 aromatic rings. The van der Waals surface area contributed by atoms with Crippen molar-refractivity contribution < 1.29 is 4.57 Å². The number of rotatable bonds is 3. The molecule has 0 saturated carbocycles. The molecule has 2 aliphatic rings. The minimum Gasteiger partial charge on any atom is -0.371 e. The maximum atomic E-state index is 4.99. The lowest BCUT2D eigenvalue weighted by atomic mass is 9.91. The Morgan fingerprint density at radius 3 is 2.45 bits per heavy atom. The summed E-state index contributed by atoms with van der Waals surface area (Å²) in [5, 5.41) is 8.28. The summed E-state index contributed by atoms with van der Waals surface area (Å²) in [5.41, 5.74) is 9.17. The van der Waals surface area contributed by atoms with Crippen molar-refractivity contribution in [3.63, 3.8) is 0 Å². The van der Waals surface area contributed by atoms with E-state index < -0.39 is 0 Å². The molecule has 0 fully saturated rings. The summed E-state index contributed by atoms with van der Waals surface area (Å²) in [6.45, 7) is 4.54. The van der Waals surface area contributed by atoms with Crippen molar-refractivity contribution in [1.29, 1.82) is 0 Å². The zero-order valence-electron chi connectivity index (χ0n) is 17.7. The van der Waals surface area contributed by atoms with Crippen LogP contribution in [-0.4, -0.2) is 25.8 Å². The third kappa shape index (κ3) is 3.17. The molecular weight excluding hydrogens is 356 g/mol. The second-order valence-corrected chi connectivity index (χ2v) is 8.37. The number of hydrogen-bond acceptors (Lipinski definition) is 3. The molecule has 1 aromatic heterocycles. The number of aryl methyl sites for hydroxylation is 3. The lowest BCUT2D eigenvalue weighted by molar-refractivity contribution is -0.644. The molecule has 0 bridgehead atoms. The Labute approximate surface area is 173 Å². The second-order valence-electron chi connectivity index (χ2n) is 8.37. The van der Waals surface area contributed by atoms with Crippen LogP contribution in [0.1, 0.15) is 36.5 Å². The summed E-state index contributed by atoms with van der Waals surface area (Å²) in [6, 6.07) is 15.4. The van der Waals surface area contributed by atoms with Crippen LogP contribution in [0.25, 0.3) is 10.9 Å². The van der Waals surface area contributed by atoms with Crippen molar-refractivity contribution in [3.8, 4) is 0 Å². The molecule has 2 aliphatic heterocycles. The van der Waals surface area contributed by atoms with Crippen LogP contribution in [0.3, 0.4) is 0 Å². The normalized spacial score (nSPS) is 16.1. The molecular formula is C25H29N4+. The quantitative estimate of drug-likeness (QED) is 0.383. The summed E-state index contributed by atoms with van der Waals surface area (Å²) in [6.07, 6.45) is 7.00. The molecule has 0 spiro atoms. The van der Waals surface area contributed by atoms with Crippen LogP contribution >= 0.6 is 0 Å². The fourth-order valence-corrected chi connectivity index (χ4v) is 4.99. The molecule has 5 rings (SSSR count). The van der Waals surface area contributed by atoms with E-state index in [4.69, 9.17) is 5.10 Å². The Balaban J connectivity index is 1.53. The van der Waals surface area contributed by atoms with Gasteiger partial charge in [0, 0.05) is 43.5 Å². The highest BCUT2D eigenvalue weighted by Crippen LogP contribution is 2.38. The standard InChI is InChI=1S/C25H29N4/c1-18(22-12-15-27(2)24-11-5-4-10-23(22)24)26-28(3)21-16-19-8-6-13-29-14-7-9-20(17-21)25(19)29/h4-5,10-12,15-17H,6-9,13-14H2,1-3H3/q+1. The van der Waals surface area contributed by atoms with Gasteiger partial charge in [-0.05, 0) is 61.9 Å². The minimum atomic E-state index is 1.04. The highest BCUT2D eigenvalue weighted by molar-refractivity contribution is 6.08. The van der Waals surface area contributed by atoms with Gasteiger partial charge in [-0.15, -0.1) is 0 Å². The Morgan fingerprint density at radius 2 is 1.72 bits per heavy atom. The third-order valence-corrected chi connectivity index (χ3v) is 6.42. The summed E-state index contributed by atoms with van der Waals surface area (Å²) < 4.78 is 2.16. The predicted molar refractivity (Wildman–Crippen MR) is 121 cm³/mol. The van der Waals surface area contributed by atoms with Crippen LogP contribution in [0.15, 0.2) is 53.8 Å². The lowest BCUT2D eigenvalue weighted by Crippen LogP contribution is -2.34. The van der Waals surface area contributed by atoms with Crippen molar-refractivity contribution >= 4 is 28.0 Å². The topological polar surface area (TPSA) is 22.7 Å². The summed E-state index contributed by atoms with van der Waals surface area (Å²) >= 11 is 0. The van der Waals surface area contributed by atoms with Crippen molar-refractivity contribution in [2.75, 3.05) is 30.0 Å². The van der Waals surface area contributed by atoms with Gasteiger partial charge in [0.05, 0.1) is 16.8 Å². The van der Waals surface area contributed by atoms with E-state index in [9.17, 15) is 0 Å². The molecule has 0 radical (unpaired) electrons. The zero-order chi connectivity index (χ0) is 20.0. The van der Waals surface area contributed by atoms with Gasteiger partial charge >= 0.3 is 0 Å². The van der Waals surface area contributed by atoms with Crippen molar-refractivity contribution in [3.05, 3.63) is 65.4 Å². The summed E-state index contributed by atoms with van der Waals surface area (Å²) in [7, 11) is 4.17. The number of fused-ring (bicyclic) bond motifs is 1. The fourth-order valence-electron chi connectivity index (χ4n) is 4.99. The highest BCUT2D eigenvalue weighted by Gasteiger charge is 2.24. The molecule has 0 aliphatic carbocycles. The van der Waals surface area contributed by atoms with Crippen molar-refractivity contribution in [1.82, 2.24) is 0 Å². The first kappa shape index (κ1) is 18.2. The largest absolute Gasteiger partial charge is 0.371 e. The molecule has 29 heavy (non-hydrogen) atoms. The van der Waals surface area contributed by atoms with Crippen LogP contribution in [0.5, 0.6) is 0 Å². The van der Waals surface area contributed by atoms with Gasteiger partial charge in [-0.2, -0.15) is 5.10 Å². The summed E-state index contributed by atoms with van der Waals surface area (Å²) in [4.78, 5) is 2.59. The van der Waals surface area contributed by atoms with Crippen LogP contribution < -0.4 is 14.5 Å². The van der Waals surface area contributed by atoms with Gasteiger partial charge < -0.3 is 4.90 Å². The fraction of sp³-hybridized carbons (Fsp3) is 0.360. The predicted octanol–water partition coefficient (Wildman–Crippen LogP) is 4.22. The average Bonchev–Trinajstić information content (AvgIpc) is 2.74. The van der Waals surface area contributed by atoms with Gasteiger partial charge in [-0.25, -0.2) is 4.57 Å². The molecule has 0 saturated heterocycles. The van der Waals surface area contributed by atoms with E-state index in [1.165, 1.54) is 77.7 Å². The Morgan fingerprint density at radius 1 is 1.03 bits per heavy atom. The molecule has 0 unspecified atom stereocenters. The van der Waals surface area contributed by atoms with E-state index in [0.717, 1.165) is 5.71 Å². The second kappa shape index (κ2) is 7.18. The number of hydrogen-bond donors (Lipinski definition) is 0. The first-order valence-electron chi connectivity index (χ1n) is 10.7. The SMILES string of the molecule is CC(=NN(C)c1cc2c3c(c1)CCCN3CCC2)c1cc[n+](C)c2ccccc12. The van der Waals surface area contributed by atoms with Crippen LogP contribution in [-0.2, 0) is 19.9 Å². The average molecular weight is 386 g/mol. The van der Waals surface area contributed by atoms with E-state index in [1.807, 2.05) is 0 Å². The van der Waals surface area contributed by atoms with E-state index in [0.29, 0.717) is 0 Å². The summed E-state index contributed by atoms with van der Waals surface area (Å²) in [5.74, 6) is 0. The monoisotopic (exact) mass is 385 g/mol. The number of anilines is 2. The smallest absolute Gasteiger partial charge is 0.212 e. The third-order valence-electron chi connectivity index (χ3n) is 6.42. The van der Waals surface area contributed by atoms with Crippen LogP contribution in [0.2, 0.25) is 0 Å². The van der Waals surface area contributed by atoms with E-state index in [1.54, 1.807) is 0 Å². The molecule has 4 heteroatoms. The Bertz CT molecular complexity index is 1080. The van der Waals surface area contributed by atoms with Crippen LogP contribution in [0.4, 0.5) is 11.4 Å². The van der Waals surface area contributed by atoms with Crippen LogP contribution in [0, 0.1) is 0 Å². The maximum Gasteiger partial charge on any atom is 0.212 e. The minimum absolute atomic E-state index is 1.04. The molecule has 3 heterocycles. The van der Waals surface area contributed by atoms with Gasteiger partial charge in [0.1, 0.15) is 7.05 Å². The molecule has 2 aromatic carbocycles. The first-order valence-corrected chi connectivity index (χ1v) is 10.7. The number of nitrogens with zero attached hydrogens (tertiary/aromatic N) is 4. The number of pyridine rings is 1. The number of hydrazone groups is 1. The number of aromatic nitrogens is 1. The van der Waals surface area contributed by atoms with E-state index in [-0.39, 0.29) is 0 Å². The van der Waals surface area contributed by atoms with E-state index in [2.05, 4.69) is 84.2 Å². The number of benzene rings is 2. The lowest BCUT2D eigenvalue weighted by Gasteiger charge is -2.37. The van der Waals surface area contributed by atoms with Gasteiger partial charge in [-0.1, -0.05) is 12.1 Å². The zero-order valence-corrected chi connectivity index (χ0v) is 17.7. The molecule has 0 N–H and O–H groups in total. The van der Waals surface area contributed by atoms with E-state index >= 15 is 0 Å². The van der Waals surface area contributed by atoms with Gasteiger partial charge in [0.25, 0.3) is 0 Å². The molecule has 0 amide bonds. The Kier molecular flexibility index (Phi) is 4.50.